The van der Waals surface area contributed by atoms with Crippen molar-refractivity contribution in [1.29, 1.82) is 0 Å². The number of carbonyl (C=O) groups is 3. The zero-order chi connectivity index (χ0) is 17.0. The Hall–Kier alpha value is -2.02. The highest BCUT2D eigenvalue weighted by Gasteiger charge is 2.35. The molecule has 1 atom stereocenters. The van der Waals surface area contributed by atoms with Crippen LogP contribution in [0.3, 0.4) is 0 Å². The van der Waals surface area contributed by atoms with Crippen LogP contribution in [0.15, 0.2) is 24.3 Å². The van der Waals surface area contributed by atoms with Crippen LogP contribution in [0.25, 0.3) is 0 Å². The van der Waals surface area contributed by atoms with Crippen LogP contribution in [-0.4, -0.2) is 65.8 Å². The Balaban J connectivity index is 1.98. The smallest absolute Gasteiger partial charge is 0.261 e. The van der Waals surface area contributed by atoms with E-state index in [4.69, 9.17) is 4.74 Å². The minimum absolute atomic E-state index is 0.0608. The molecule has 1 aliphatic heterocycles. The average Bonchev–Trinajstić information content (AvgIpc) is 3.01. The van der Waals surface area contributed by atoms with Gasteiger partial charge in [0.2, 0.25) is 5.91 Å². The molecule has 1 saturated heterocycles. The summed E-state index contributed by atoms with van der Waals surface area (Å²) in [6.07, 6.45) is 0. The predicted molar refractivity (Wildman–Crippen MR) is 88.6 cm³/mol. The molecule has 0 unspecified atom stereocenters. The molecule has 2 amide bonds. The van der Waals surface area contributed by atoms with Gasteiger partial charge in [-0.3, -0.25) is 14.4 Å². The van der Waals surface area contributed by atoms with Crippen molar-refractivity contribution >= 4 is 29.4 Å². The van der Waals surface area contributed by atoms with Crippen LogP contribution in [0.2, 0.25) is 0 Å². The summed E-state index contributed by atoms with van der Waals surface area (Å²) >= 11 is 1.55. The molecule has 1 heterocycles. The number of Topliss-reactive ketones (excluding diaryl/α,β-unsaturated/α-hetero) is 1. The summed E-state index contributed by atoms with van der Waals surface area (Å²) in [4.78, 5) is 38.8. The number of rotatable bonds is 5. The lowest BCUT2D eigenvalue weighted by molar-refractivity contribution is -0.143. The van der Waals surface area contributed by atoms with Gasteiger partial charge in [-0.1, -0.05) is 12.1 Å². The van der Waals surface area contributed by atoms with Crippen LogP contribution in [0.4, 0.5) is 0 Å². The van der Waals surface area contributed by atoms with Gasteiger partial charge in [-0.25, -0.2) is 0 Å². The van der Waals surface area contributed by atoms with E-state index in [2.05, 4.69) is 0 Å². The van der Waals surface area contributed by atoms with Gasteiger partial charge in [-0.15, -0.1) is 11.8 Å². The van der Waals surface area contributed by atoms with Gasteiger partial charge in [0.15, 0.2) is 12.4 Å². The van der Waals surface area contributed by atoms with E-state index < -0.39 is 6.04 Å². The lowest BCUT2D eigenvalue weighted by atomic mass is 10.1. The molecule has 23 heavy (non-hydrogen) atoms. The molecule has 0 spiro atoms. The first-order valence-corrected chi connectivity index (χ1v) is 8.38. The molecule has 7 heteroatoms. The first kappa shape index (κ1) is 17.3. The Kier molecular flexibility index (Phi) is 5.65. The van der Waals surface area contributed by atoms with Crippen LogP contribution in [0, 0.1) is 0 Å². The van der Waals surface area contributed by atoms with E-state index in [1.165, 1.54) is 11.8 Å². The SMILES string of the molecule is CC(=O)c1cccc(OCC(=O)N2CSC[C@@H]2C(=O)N(C)C)c1. The molecule has 1 fully saturated rings. The molecule has 0 aromatic heterocycles. The highest BCUT2D eigenvalue weighted by Crippen LogP contribution is 2.22. The van der Waals surface area contributed by atoms with Crippen molar-refractivity contribution in [2.45, 2.75) is 13.0 Å². The number of ketones is 1. The van der Waals surface area contributed by atoms with Crippen molar-refractivity contribution in [3.8, 4) is 5.75 Å². The Morgan fingerprint density at radius 3 is 2.74 bits per heavy atom. The van der Waals surface area contributed by atoms with Crippen LogP contribution in [0.5, 0.6) is 5.75 Å². The second-order valence-electron chi connectivity index (χ2n) is 5.48. The van der Waals surface area contributed by atoms with E-state index in [9.17, 15) is 14.4 Å². The molecule has 1 aromatic carbocycles. The van der Waals surface area contributed by atoms with Crippen LogP contribution in [-0.2, 0) is 9.59 Å². The molecule has 124 valence electrons. The minimum atomic E-state index is -0.436. The highest BCUT2D eigenvalue weighted by atomic mass is 32.2. The van der Waals surface area contributed by atoms with Gasteiger partial charge in [0.25, 0.3) is 5.91 Å². The Bertz CT molecular complexity index is 618. The molecule has 1 aromatic rings. The third-order valence-electron chi connectivity index (χ3n) is 3.53. The zero-order valence-corrected chi connectivity index (χ0v) is 14.3. The van der Waals surface area contributed by atoms with Gasteiger partial charge >= 0.3 is 0 Å². The fraction of sp³-hybridized carbons (Fsp3) is 0.438. The molecule has 0 bridgehead atoms. The van der Waals surface area contributed by atoms with Gasteiger partial charge in [-0.2, -0.15) is 0 Å². The monoisotopic (exact) mass is 336 g/mol. The highest BCUT2D eigenvalue weighted by molar-refractivity contribution is 7.99. The summed E-state index contributed by atoms with van der Waals surface area (Å²) in [7, 11) is 3.36. The molecule has 6 nitrogen and oxygen atoms in total. The van der Waals surface area contributed by atoms with Crippen molar-refractivity contribution in [3.63, 3.8) is 0 Å². The summed E-state index contributed by atoms with van der Waals surface area (Å²) < 4.78 is 5.48. The van der Waals surface area contributed by atoms with E-state index in [0.29, 0.717) is 22.9 Å². The molecule has 0 aliphatic carbocycles. The number of carbonyl (C=O) groups excluding carboxylic acids is 3. The number of amides is 2. The number of benzene rings is 1. The largest absolute Gasteiger partial charge is 0.484 e. The number of ether oxygens (including phenoxy) is 1. The number of thioether (sulfide) groups is 1. The van der Waals surface area contributed by atoms with E-state index in [1.54, 1.807) is 55.0 Å². The average molecular weight is 336 g/mol. The van der Waals surface area contributed by atoms with Crippen LogP contribution < -0.4 is 4.74 Å². The Morgan fingerprint density at radius 1 is 1.35 bits per heavy atom. The standard InChI is InChI=1S/C16H20N2O4S/c1-11(19)12-5-4-6-13(7-12)22-8-15(20)18-10-23-9-14(18)16(21)17(2)3/h4-7,14H,8-10H2,1-3H3/t14-/m1/s1. The third-order valence-corrected chi connectivity index (χ3v) is 4.54. The maximum atomic E-state index is 12.3. The van der Waals surface area contributed by atoms with E-state index in [-0.39, 0.29) is 24.2 Å². The number of hydrogen-bond acceptors (Lipinski definition) is 5. The lowest BCUT2D eigenvalue weighted by Gasteiger charge is -2.25. The topological polar surface area (TPSA) is 66.9 Å². The van der Waals surface area contributed by atoms with Crippen molar-refractivity contribution in [2.75, 3.05) is 32.3 Å². The zero-order valence-electron chi connectivity index (χ0n) is 13.4. The predicted octanol–water partition coefficient (Wildman–Crippen LogP) is 1.26. The van der Waals surface area contributed by atoms with Crippen molar-refractivity contribution < 1.29 is 19.1 Å². The van der Waals surface area contributed by atoms with E-state index >= 15 is 0 Å². The fourth-order valence-corrected chi connectivity index (χ4v) is 3.40. The Labute approximate surface area is 139 Å². The van der Waals surface area contributed by atoms with Gasteiger partial charge in [0, 0.05) is 25.4 Å². The van der Waals surface area contributed by atoms with E-state index in [0.717, 1.165) is 0 Å². The lowest BCUT2D eigenvalue weighted by Crippen LogP contribution is -2.48. The summed E-state index contributed by atoms with van der Waals surface area (Å²) in [5.74, 6) is 1.18. The van der Waals surface area contributed by atoms with Gasteiger partial charge < -0.3 is 14.5 Å². The van der Waals surface area contributed by atoms with Gasteiger partial charge in [0.1, 0.15) is 11.8 Å². The Morgan fingerprint density at radius 2 is 2.09 bits per heavy atom. The normalized spacial score (nSPS) is 17.0. The summed E-state index contributed by atoms with van der Waals surface area (Å²) in [6.45, 7) is 1.32. The van der Waals surface area contributed by atoms with Crippen molar-refractivity contribution in [1.82, 2.24) is 9.80 Å². The van der Waals surface area contributed by atoms with Crippen LogP contribution in [0.1, 0.15) is 17.3 Å². The van der Waals surface area contributed by atoms with Crippen molar-refractivity contribution in [2.24, 2.45) is 0 Å². The second-order valence-corrected chi connectivity index (χ2v) is 6.48. The maximum Gasteiger partial charge on any atom is 0.261 e. The molecular formula is C16H20N2O4S. The molecule has 0 radical (unpaired) electrons. The summed E-state index contributed by atoms with van der Waals surface area (Å²) in [6, 6.07) is 6.27. The van der Waals surface area contributed by atoms with E-state index in [1.807, 2.05) is 0 Å². The molecule has 1 aliphatic rings. The first-order chi connectivity index (χ1) is 10.9. The van der Waals surface area contributed by atoms with Gasteiger partial charge in [-0.05, 0) is 19.1 Å². The number of likely N-dealkylation sites (N-methyl/N-ethyl adjacent to an activating group) is 1. The maximum absolute atomic E-state index is 12.3. The molecular weight excluding hydrogens is 316 g/mol. The minimum Gasteiger partial charge on any atom is -0.484 e. The molecule has 0 N–H and O–H groups in total. The summed E-state index contributed by atoms with van der Waals surface area (Å²) in [5, 5.41) is 0. The fourth-order valence-electron chi connectivity index (χ4n) is 2.22. The number of hydrogen-bond donors (Lipinski definition) is 0. The second kappa shape index (κ2) is 7.50. The van der Waals surface area contributed by atoms with Crippen LogP contribution >= 0.6 is 11.8 Å². The van der Waals surface area contributed by atoms with Gasteiger partial charge in [0.05, 0.1) is 5.88 Å². The molecule has 0 saturated carbocycles. The van der Waals surface area contributed by atoms with Crippen molar-refractivity contribution in [3.05, 3.63) is 29.8 Å². The first-order valence-electron chi connectivity index (χ1n) is 7.22. The third kappa shape index (κ3) is 4.25. The summed E-state index contributed by atoms with van der Waals surface area (Å²) in [5.41, 5.74) is 0.535. The quantitative estimate of drug-likeness (QED) is 0.757. The number of nitrogens with zero attached hydrogens (tertiary/aromatic N) is 2. The molecule has 2 rings (SSSR count).